The summed E-state index contributed by atoms with van der Waals surface area (Å²) in [6, 6.07) is 13.6. The molecule has 1 aliphatic heterocycles. The van der Waals surface area contributed by atoms with Gasteiger partial charge in [-0.1, -0.05) is 23.8 Å². The van der Waals surface area contributed by atoms with E-state index in [1.165, 1.54) is 12.1 Å². The lowest BCUT2D eigenvalue weighted by atomic mass is 9.96. The summed E-state index contributed by atoms with van der Waals surface area (Å²) in [6.07, 6.45) is 1.41. The lowest BCUT2D eigenvalue weighted by molar-refractivity contribution is -0.121. The van der Waals surface area contributed by atoms with Crippen LogP contribution in [0.1, 0.15) is 49.5 Å². The first-order valence-corrected chi connectivity index (χ1v) is 12.2. The van der Waals surface area contributed by atoms with Crippen molar-refractivity contribution in [3.63, 3.8) is 0 Å². The summed E-state index contributed by atoms with van der Waals surface area (Å²) in [5.74, 6) is -0.653. The Kier molecular flexibility index (Phi) is 7.05. The largest absolute Gasteiger partial charge is 0.338 e. The van der Waals surface area contributed by atoms with Gasteiger partial charge in [0.1, 0.15) is 0 Å². The van der Waals surface area contributed by atoms with Crippen molar-refractivity contribution in [2.75, 3.05) is 18.4 Å². The van der Waals surface area contributed by atoms with E-state index >= 15 is 0 Å². The van der Waals surface area contributed by atoms with Crippen LogP contribution >= 0.6 is 0 Å². The van der Waals surface area contributed by atoms with E-state index in [1.807, 2.05) is 19.1 Å². The third-order valence-corrected chi connectivity index (χ3v) is 6.99. The minimum Gasteiger partial charge on any atom is -0.338 e. The molecule has 7 nitrogen and oxygen atoms in total. The Hall–Kier alpha value is -2.71. The standard InChI is InChI=1S/C24H31N3O4S/c1-17-10-12-18(13-11-17)23(29)27-14-6-7-19(16-27)22(28)25-20-8-5-9-21(15-20)32(30,31)26-24(2,3)4/h5,8-13,15,19,26H,6-7,14,16H2,1-4H3,(H,25,28). The van der Waals surface area contributed by atoms with Gasteiger partial charge in [-0.3, -0.25) is 9.59 Å². The molecule has 0 bridgehead atoms. The smallest absolute Gasteiger partial charge is 0.253 e. The summed E-state index contributed by atoms with van der Waals surface area (Å²) in [4.78, 5) is 27.5. The predicted octanol–water partition coefficient (Wildman–Crippen LogP) is 3.56. The Morgan fingerprint density at radius 2 is 1.75 bits per heavy atom. The number of anilines is 1. The molecule has 1 fully saturated rings. The minimum atomic E-state index is -3.71. The SMILES string of the molecule is Cc1ccc(C(=O)N2CCCC(C(=O)Nc3cccc(S(=O)(=O)NC(C)(C)C)c3)C2)cc1. The monoisotopic (exact) mass is 457 g/mol. The number of rotatable bonds is 5. The zero-order chi connectivity index (χ0) is 23.5. The number of amides is 2. The maximum Gasteiger partial charge on any atom is 0.253 e. The fourth-order valence-corrected chi connectivity index (χ4v) is 5.17. The number of piperidine rings is 1. The van der Waals surface area contributed by atoms with Crippen LogP contribution in [0.2, 0.25) is 0 Å². The average molecular weight is 458 g/mol. The van der Waals surface area contributed by atoms with Crippen LogP contribution in [0.3, 0.4) is 0 Å². The summed E-state index contributed by atoms with van der Waals surface area (Å²) < 4.78 is 27.8. The topological polar surface area (TPSA) is 95.6 Å². The van der Waals surface area contributed by atoms with Crippen LogP contribution in [0.15, 0.2) is 53.4 Å². The summed E-state index contributed by atoms with van der Waals surface area (Å²) in [7, 11) is -3.71. The van der Waals surface area contributed by atoms with E-state index in [2.05, 4.69) is 10.0 Å². The fraction of sp³-hybridized carbons (Fsp3) is 0.417. The van der Waals surface area contributed by atoms with Gasteiger partial charge in [-0.15, -0.1) is 0 Å². The van der Waals surface area contributed by atoms with E-state index in [0.717, 1.165) is 12.0 Å². The fourth-order valence-electron chi connectivity index (χ4n) is 3.70. The van der Waals surface area contributed by atoms with Crippen LogP contribution < -0.4 is 10.0 Å². The third kappa shape index (κ3) is 6.17. The van der Waals surface area contributed by atoms with Gasteiger partial charge in [0.25, 0.3) is 5.91 Å². The number of nitrogens with one attached hydrogen (secondary N) is 2. The zero-order valence-corrected chi connectivity index (χ0v) is 19.8. The highest BCUT2D eigenvalue weighted by Crippen LogP contribution is 2.22. The van der Waals surface area contributed by atoms with Crippen LogP contribution in [0.25, 0.3) is 0 Å². The maximum absolute atomic E-state index is 12.9. The quantitative estimate of drug-likeness (QED) is 0.718. The molecular weight excluding hydrogens is 426 g/mol. The Morgan fingerprint density at radius 1 is 1.06 bits per heavy atom. The summed E-state index contributed by atoms with van der Waals surface area (Å²) in [5.41, 5.74) is 1.49. The molecule has 0 aliphatic carbocycles. The van der Waals surface area contributed by atoms with Gasteiger partial charge >= 0.3 is 0 Å². The van der Waals surface area contributed by atoms with Crippen molar-refractivity contribution >= 4 is 27.5 Å². The molecule has 0 aromatic heterocycles. The van der Waals surface area contributed by atoms with Crippen LogP contribution in [0.5, 0.6) is 0 Å². The van der Waals surface area contributed by atoms with E-state index < -0.39 is 15.6 Å². The van der Waals surface area contributed by atoms with Gasteiger partial charge in [-0.05, 0) is 70.9 Å². The second-order valence-corrected chi connectivity index (χ2v) is 11.0. The normalized spacial score (nSPS) is 17.1. The van der Waals surface area contributed by atoms with Crippen LogP contribution in [0, 0.1) is 12.8 Å². The van der Waals surface area contributed by atoms with E-state index in [0.29, 0.717) is 30.8 Å². The molecule has 2 N–H and O–H groups in total. The van der Waals surface area contributed by atoms with Gasteiger partial charge in [-0.2, -0.15) is 0 Å². The lowest BCUT2D eigenvalue weighted by Gasteiger charge is -2.32. The van der Waals surface area contributed by atoms with Crippen LogP contribution in [-0.4, -0.2) is 43.8 Å². The highest BCUT2D eigenvalue weighted by Gasteiger charge is 2.29. The number of carbonyl (C=O) groups excluding carboxylic acids is 2. The number of hydrogen-bond acceptors (Lipinski definition) is 4. The summed E-state index contributed by atoms with van der Waals surface area (Å²) in [6.45, 7) is 8.22. The molecule has 8 heteroatoms. The van der Waals surface area contributed by atoms with E-state index in [4.69, 9.17) is 0 Å². The molecule has 0 saturated carbocycles. The molecule has 0 radical (unpaired) electrons. The Balaban J connectivity index is 1.68. The number of aryl methyl sites for hydroxylation is 1. The van der Waals surface area contributed by atoms with Crippen molar-refractivity contribution < 1.29 is 18.0 Å². The number of benzene rings is 2. The molecule has 172 valence electrons. The summed E-state index contributed by atoms with van der Waals surface area (Å²) >= 11 is 0. The van der Waals surface area contributed by atoms with Gasteiger partial charge in [0.05, 0.1) is 10.8 Å². The molecule has 1 atom stereocenters. The van der Waals surface area contributed by atoms with Crippen molar-refractivity contribution in [3.8, 4) is 0 Å². The number of nitrogens with zero attached hydrogens (tertiary/aromatic N) is 1. The molecular formula is C24H31N3O4S. The first-order valence-electron chi connectivity index (χ1n) is 10.8. The van der Waals surface area contributed by atoms with E-state index in [-0.39, 0.29) is 22.6 Å². The second-order valence-electron chi connectivity index (χ2n) is 9.33. The highest BCUT2D eigenvalue weighted by atomic mass is 32.2. The second kappa shape index (κ2) is 9.42. The van der Waals surface area contributed by atoms with Crippen molar-refractivity contribution in [2.45, 2.75) is 51.0 Å². The maximum atomic E-state index is 12.9. The Bertz CT molecular complexity index is 1090. The number of likely N-dealkylation sites (tertiary alicyclic amines) is 1. The minimum absolute atomic E-state index is 0.0798. The molecule has 1 unspecified atom stereocenters. The van der Waals surface area contributed by atoms with E-state index in [1.54, 1.807) is 49.9 Å². The van der Waals surface area contributed by atoms with Crippen molar-refractivity contribution in [1.82, 2.24) is 9.62 Å². The molecule has 3 rings (SSSR count). The van der Waals surface area contributed by atoms with Crippen molar-refractivity contribution in [1.29, 1.82) is 0 Å². The Labute approximate surface area is 190 Å². The molecule has 2 amide bonds. The van der Waals surface area contributed by atoms with E-state index in [9.17, 15) is 18.0 Å². The first kappa shape index (κ1) is 23.9. The number of hydrogen-bond donors (Lipinski definition) is 2. The van der Waals surface area contributed by atoms with Gasteiger partial charge in [0, 0.05) is 29.9 Å². The predicted molar refractivity (Wildman–Crippen MR) is 125 cm³/mol. The van der Waals surface area contributed by atoms with Crippen LogP contribution in [-0.2, 0) is 14.8 Å². The van der Waals surface area contributed by atoms with Crippen molar-refractivity contribution in [3.05, 3.63) is 59.7 Å². The molecule has 32 heavy (non-hydrogen) atoms. The summed E-state index contributed by atoms with van der Waals surface area (Å²) in [5, 5.41) is 2.82. The van der Waals surface area contributed by atoms with Crippen LogP contribution in [0.4, 0.5) is 5.69 Å². The van der Waals surface area contributed by atoms with Gasteiger partial charge in [0.2, 0.25) is 15.9 Å². The number of sulfonamides is 1. The first-order chi connectivity index (χ1) is 14.9. The Morgan fingerprint density at radius 3 is 2.41 bits per heavy atom. The van der Waals surface area contributed by atoms with Gasteiger partial charge < -0.3 is 10.2 Å². The molecule has 1 saturated heterocycles. The molecule has 1 aliphatic rings. The molecule has 1 heterocycles. The molecule has 2 aromatic carbocycles. The molecule has 0 spiro atoms. The molecule has 2 aromatic rings. The lowest BCUT2D eigenvalue weighted by Crippen LogP contribution is -2.43. The zero-order valence-electron chi connectivity index (χ0n) is 19.0. The van der Waals surface area contributed by atoms with Crippen molar-refractivity contribution in [2.24, 2.45) is 5.92 Å². The van der Waals surface area contributed by atoms with Gasteiger partial charge in [0.15, 0.2) is 0 Å². The third-order valence-electron chi connectivity index (χ3n) is 5.23. The van der Waals surface area contributed by atoms with Gasteiger partial charge in [-0.25, -0.2) is 13.1 Å². The number of carbonyl (C=O) groups is 2. The highest BCUT2D eigenvalue weighted by molar-refractivity contribution is 7.89. The average Bonchev–Trinajstić information content (AvgIpc) is 2.72.